The topological polar surface area (TPSA) is 20.2 Å². The van der Waals surface area contributed by atoms with E-state index in [0.29, 0.717) is 11.7 Å². The summed E-state index contributed by atoms with van der Waals surface area (Å²) >= 11 is 0. The van der Waals surface area contributed by atoms with Crippen LogP contribution in [0.3, 0.4) is 0 Å². The molecule has 0 fully saturated rings. The largest absolute Gasteiger partial charge is 0.508 e. The van der Waals surface area contributed by atoms with Crippen LogP contribution in [0.1, 0.15) is 0 Å². The smallest absolute Gasteiger partial charge is 0.115 e. The van der Waals surface area contributed by atoms with Gasteiger partial charge in [0.15, 0.2) is 0 Å². The molecule has 1 heteroatoms. The molecule has 0 saturated heterocycles. The van der Waals surface area contributed by atoms with Crippen molar-refractivity contribution in [3.8, 4) is 0 Å². The van der Waals surface area contributed by atoms with Gasteiger partial charge in [0.1, 0.15) is 5.76 Å². The minimum absolute atomic E-state index is 0.353. The van der Waals surface area contributed by atoms with Crippen molar-refractivity contribution in [3.63, 3.8) is 0 Å². The predicted octanol–water partition coefficient (Wildman–Crippen LogP) is 2.11. The molecule has 0 radical (unpaired) electrons. The van der Waals surface area contributed by atoms with Gasteiger partial charge in [-0.25, -0.2) is 0 Å². The Morgan fingerprint density at radius 2 is 2.20 bits per heavy atom. The van der Waals surface area contributed by atoms with E-state index < -0.39 is 0 Å². The van der Waals surface area contributed by atoms with E-state index in [9.17, 15) is 0 Å². The van der Waals surface area contributed by atoms with Gasteiger partial charge in [-0.3, -0.25) is 0 Å². The van der Waals surface area contributed by atoms with Crippen LogP contribution in [0.15, 0.2) is 47.8 Å². The van der Waals surface area contributed by atoms with Crippen molar-refractivity contribution in [2.75, 3.05) is 0 Å². The SMILES string of the molecule is OC1=CC2=CC=CC2C=C1. The van der Waals surface area contributed by atoms with Gasteiger partial charge in [-0.2, -0.15) is 0 Å². The van der Waals surface area contributed by atoms with Gasteiger partial charge < -0.3 is 5.11 Å². The summed E-state index contributed by atoms with van der Waals surface area (Å²) in [6.45, 7) is 0. The fourth-order valence-corrected chi connectivity index (χ4v) is 1.25. The zero-order valence-electron chi connectivity index (χ0n) is 5.49. The molecule has 0 heterocycles. The Labute approximate surface area is 59.7 Å². The van der Waals surface area contributed by atoms with Crippen LogP contribution in [0.2, 0.25) is 0 Å². The zero-order chi connectivity index (χ0) is 6.97. The van der Waals surface area contributed by atoms with E-state index >= 15 is 0 Å². The van der Waals surface area contributed by atoms with Crippen LogP contribution < -0.4 is 0 Å². The summed E-state index contributed by atoms with van der Waals surface area (Å²) in [5, 5.41) is 9.06. The summed E-state index contributed by atoms with van der Waals surface area (Å²) in [5.74, 6) is 0.766. The van der Waals surface area contributed by atoms with Gasteiger partial charge in [-0.15, -0.1) is 0 Å². The fourth-order valence-electron chi connectivity index (χ4n) is 1.25. The average molecular weight is 132 g/mol. The Kier molecular flexibility index (Phi) is 1.04. The normalized spacial score (nSPS) is 27.8. The second-order valence-electron chi connectivity index (χ2n) is 2.51. The van der Waals surface area contributed by atoms with Crippen LogP contribution in [0.25, 0.3) is 0 Å². The molecule has 0 aliphatic heterocycles. The van der Waals surface area contributed by atoms with E-state index in [4.69, 9.17) is 5.11 Å². The van der Waals surface area contributed by atoms with Gasteiger partial charge in [0.2, 0.25) is 0 Å². The molecular formula is C9H8O. The highest BCUT2D eigenvalue weighted by atomic mass is 16.3. The van der Waals surface area contributed by atoms with Crippen molar-refractivity contribution in [3.05, 3.63) is 47.8 Å². The standard InChI is InChI=1S/C9H8O/c10-9-5-4-7-2-1-3-8(7)6-9/h1-7,10H. The minimum atomic E-state index is 0.353. The number of fused-ring (bicyclic) bond motifs is 1. The molecule has 0 aromatic carbocycles. The third-order valence-electron chi connectivity index (χ3n) is 1.78. The van der Waals surface area contributed by atoms with E-state index in [1.165, 1.54) is 5.57 Å². The summed E-state index contributed by atoms with van der Waals surface area (Å²) in [4.78, 5) is 0. The second-order valence-corrected chi connectivity index (χ2v) is 2.51. The molecule has 1 nitrogen and oxygen atoms in total. The minimum Gasteiger partial charge on any atom is -0.508 e. The van der Waals surface area contributed by atoms with Gasteiger partial charge in [0.05, 0.1) is 0 Å². The Balaban J connectivity index is 2.39. The molecule has 1 atom stereocenters. The zero-order valence-corrected chi connectivity index (χ0v) is 5.49. The van der Waals surface area contributed by atoms with E-state index in [-0.39, 0.29) is 0 Å². The lowest BCUT2D eigenvalue weighted by Crippen LogP contribution is -1.96. The van der Waals surface area contributed by atoms with E-state index in [1.807, 2.05) is 18.2 Å². The van der Waals surface area contributed by atoms with Gasteiger partial charge in [0.25, 0.3) is 0 Å². The molecule has 0 bridgehead atoms. The maximum Gasteiger partial charge on any atom is 0.115 e. The average Bonchev–Trinajstić information content (AvgIpc) is 2.33. The van der Waals surface area contributed by atoms with Crippen molar-refractivity contribution in [2.45, 2.75) is 0 Å². The summed E-state index contributed by atoms with van der Waals surface area (Å²) in [6.07, 6.45) is 11.7. The number of allylic oxidation sites excluding steroid dienone is 7. The third-order valence-corrected chi connectivity index (χ3v) is 1.78. The van der Waals surface area contributed by atoms with Crippen molar-refractivity contribution in [2.24, 2.45) is 5.92 Å². The molecule has 0 amide bonds. The first-order chi connectivity index (χ1) is 4.86. The van der Waals surface area contributed by atoms with Crippen LogP contribution in [0.4, 0.5) is 0 Å². The van der Waals surface area contributed by atoms with Crippen molar-refractivity contribution >= 4 is 0 Å². The van der Waals surface area contributed by atoms with E-state index in [2.05, 4.69) is 6.08 Å². The Morgan fingerprint density at radius 1 is 1.30 bits per heavy atom. The fraction of sp³-hybridized carbons (Fsp3) is 0.111. The second kappa shape index (κ2) is 1.87. The monoisotopic (exact) mass is 132 g/mol. The lowest BCUT2D eigenvalue weighted by Gasteiger charge is -2.09. The highest BCUT2D eigenvalue weighted by molar-refractivity contribution is 5.44. The lowest BCUT2D eigenvalue weighted by atomic mass is 9.98. The lowest BCUT2D eigenvalue weighted by molar-refractivity contribution is 0.429. The van der Waals surface area contributed by atoms with Gasteiger partial charge in [0, 0.05) is 5.92 Å². The molecule has 1 unspecified atom stereocenters. The van der Waals surface area contributed by atoms with Crippen molar-refractivity contribution in [1.29, 1.82) is 0 Å². The first-order valence-corrected chi connectivity index (χ1v) is 3.33. The molecule has 2 aliphatic carbocycles. The molecule has 2 rings (SSSR count). The highest BCUT2D eigenvalue weighted by Gasteiger charge is 2.12. The number of aliphatic hydroxyl groups is 1. The van der Waals surface area contributed by atoms with Crippen LogP contribution >= 0.6 is 0 Å². The summed E-state index contributed by atoms with van der Waals surface area (Å²) in [5.41, 5.74) is 1.18. The number of hydrogen-bond donors (Lipinski definition) is 1. The maximum absolute atomic E-state index is 9.06. The maximum atomic E-state index is 9.06. The molecule has 0 aromatic heterocycles. The van der Waals surface area contributed by atoms with Crippen LogP contribution in [0, 0.1) is 5.92 Å². The summed E-state index contributed by atoms with van der Waals surface area (Å²) in [7, 11) is 0. The van der Waals surface area contributed by atoms with Gasteiger partial charge in [-0.05, 0) is 17.7 Å². The number of rotatable bonds is 0. The molecule has 2 aliphatic rings. The summed E-state index contributed by atoms with van der Waals surface area (Å²) < 4.78 is 0. The molecule has 1 N–H and O–H groups in total. The molecular weight excluding hydrogens is 124 g/mol. The van der Waals surface area contributed by atoms with Crippen molar-refractivity contribution in [1.82, 2.24) is 0 Å². The predicted molar refractivity (Wildman–Crippen MR) is 40.6 cm³/mol. The Bertz CT molecular complexity index is 266. The highest BCUT2D eigenvalue weighted by Crippen LogP contribution is 2.26. The molecule has 50 valence electrons. The number of aliphatic hydroxyl groups excluding tert-OH is 1. The summed E-state index contributed by atoms with van der Waals surface area (Å²) in [6, 6.07) is 0. The molecule has 10 heavy (non-hydrogen) atoms. The van der Waals surface area contributed by atoms with Crippen LogP contribution in [-0.2, 0) is 0 Å². The van der Waals surface area contributed by atoms with Gasteiger partial charge in [-0.1, -0.05) is 24.3 Å². The van der Waals surface area contributed by atoms with Gasteiger partial charge >= 0.3 is 0 Å². The third kappa shape index (κ3) is 0.711. The Morgan fingerprint density at radius 3 is 3.10 bits per heavy atom. The molecule has 0 saturated carbocycles. The van der Waals surface area contributed by atoms with Crippen LogP contribution in [0.5, 0.6) is 0 Å². The van der Waals surface area contributed by atoms with Crippen molar-refractivity contribution < 1.29 is 5.11 Å². The first-order valence-electron chi connectivity index (χ1n) is 3.33. The van der Waals surface area contributed by atoms with Crippen LogP contribution in [-0.4, -0.2) is 5.11 Å². The molecule has 0 aromatic rings. The Hall–Kier alpha value is -1.24. The first kappa shape index (κ1) is 5.54. The number of hydrogen-bond acceptors (Lipinski definition) is 1. The quantitative estimate of drug-likeness (QED) is 0.535. The van der Waals surface area contributed by atoms with E-state index in [1.54, 1.807) is 12.2 Å². The molecule has 0 spiro atoms. The van der Waals surface area contributed by atoms with E-state index in [0.717, 1.165) is 0 Å².